The van der Waals surface area contributed by atoms with E-state index in [2.05, 4.69) is 31.2 Å². The van der Waals surface area contributed by atoms with Gasteiger partial charge in [-0.15, -0.1) is 0 Å². The molecule has 1 saturated carbocycles. The van der Waals surface area contributed by atoms with E-state index in [0.29, 0.717) is 18.2 Å². The summed E-state index contributed by atoms with van der Waals surface area (Å²) in [5, 5.41) is 3.54. The van der Waals surface area contributed by atoms with Crippen LogP contribution in [-0.4, -0.2) is 50.8 Å². The van der Waals surface area contributed by atoms with E-state index in [1.165, 1.54) is 12.8 Å². The first-order valence-electron chi connectivity index (χ1n) is 5.06. The molecule has 1 atom stereocenters. The van der Waals surface area contributed by atoms with Crippen LogP contribution in [0.5, 0.6) is 0 Å². The Balaban J connectivity index is 2.02. The van der Waals surface area contributed by atoms with Crippen LogP contribution in [0.15, 0.2) is 0 Å². The van der Waals surface area contributed by atoms with Crippen LogP contribution >= 0.6 is 0 Å². The molecule has 0 radical (unpaired) electrons. The maximum atomic E-state index is 5.22. The van der Waals surface area contributed by atoms with Gasteiger partial charge >= 0.3 is 0 Å². The monoisotopic (exact) mass is 186 g/mol. The minimum atomic E-state index is 0.507. The van der Waals surface area contributed by atoms with E-state index in [4.69, 9.17) is 4.74 Å². The van der Waals surface area contributed by atoms with Crippen molar-refractivity contribution in [3.8, 4) is 0 Å². The van der Waals surface area contributed by atoms with Crippen molar-refractivity contribution in [2.45, 2.75) is 38.0 Å². The average Bonchev–Trinajstić information content (AvgIpc) is 2.01. The summed E-state index contributed by atoms with van der Waals surface area (Å²) in [6.45, 7) is 3.31. The number of methoxy groups -OCH3 is 1. The Morgan fingerprint density at radius 2 is 2.08 bits per heavy atom. The van der Waals surface area contributed by atoms with Gasteiger partial charge in [0.15, 0.2) is 0 Å². The molecule has 3 heteroatoms. The van der Waals surface area contributed by atoms with Crippen molar-refractivity contribution in [2.75, 3.05) is 27.7 Å². The molecule has 0 heterocycles. The number of rotatable bonds is 5. The van der Waals surface area contributed by atoms with E-state index >= 15 is 0 Å². The summed E-state index contributed by atoms with van der Waals surface area (Å²) in [7, 11) is 6.03. The van der Waals surface area contributed by atoms with Crippen LogP contribution in [0.4, 0.5) is 0 Å². The van der Waals surface area contributed by atoms with Gasteiger partial charge in [0.25, 0.3) is 0 Å². The zero-order valence-electron chi connectivity index (χ0n) is 9.21. The third-order valence-corrected chi connectivity index (χ3v) is 3.01. The number of hydrogen-bond acceptors (Lipinski definition) is 3. The van der Waals surface area contributed by atoms with Gasteiger partial charge in [0.05, 0.1) is 6.10 Å². The Hall–Kier alpha value is -0.120. The molecule has 0 bridgehead atoms. The molecule has 1 N–H and O–H groups in total. The topological polar surface area (TPSA) is 24.5 Å². The van der Waals surface area contributed by atoms with Crippen molar-refractivity contribution in [3.63, 3.8) is 0 Å². The molecule has 13 heavy (non-hydrogen) atoms. The molecule has 0 aromatic carbocycles. The molecule has 1 aliphatic carbocycles. The third-order valence-electron chi connectivity index (χ3n) is 3.01. The lowest BCUT2D eigenvalue weighted by atomic mass is 9.89. The Kier molecular flexibility index (Phi) is 4.16. The Bertz CT molecular complexity index is 144. The molecule has 0 amide bonds. The number of ether oxygens (including phenoxy) is 1. The largest absolute Gasteiger partial charge is 0.381 e. The summed E-state index contributed by atoms with van der Waals surface area (Å²) in [5.74, 6) is 0. The van der Waals surface area contributed by atoms with Crippen LogP contribution in [0.2, 0.25) is 0 Å². The van der Waals surface area contributed by atoms with E-state index in [-0.39, 0.29) is 0 Å². The smallest absolute Gasteiger partial charge is 0.0601 e. The van der Waals surface area contributed by atoms with Crippen LogP contribution in [0, 0.1) is 0 Å². The molecule has 0 aromatic rings. The van der Waals surface area contributed by atoms with Gasteiger partial charge < -0.3 is 15.0 Å². The SMILES string of the molecule is COC1CC(NCC(C)N(C)C)C1. The van der Waals surface area contributed by atoms with Crippen molar-refractivity contribution >= 4 is 0 Å². The zero-order chi connectivity index (χ0) is 9.84. The second kappa shape index (κ2) is 4.94. The van der Waals surface area contributed by atoms with Gasteiger partial charge in [-0.25, -0.2) is 0 Å². The summed E-state index contributed by atoms with van der Waals surface area (Å²) in [4.78, 5) is 2.24. The minimum absolute atomic E-state index is 0.507. The van der Waals surface area contributed by atoms with Crippen LogP contribution in [-0.2, 0) is 4.74 Å². The van der Waals surface area contributed by atoms with Crippen molar-refractivity contribution in [1.29, 1.82) is 0 Å². The summed E-state index contributed by atoms with van der Waals surface area (Å²) >= 11 is 0. The fourth-order valence-electron chi connectivity index (χ4n) is 1.44. The Labute approximate surface area is 81.4 Å². The Morgan fingerprint density at radius 1 is 1.46 bits per heavy atom. The molecule has 0 aliphatic heterocycles. The first-order valence-corrected chi connectivity index (χ1v) is 5.06. The van der Waals surface area contributed by atoms with E-state index in [1.54, 1.807) is 7.11 Å². The first-order chi connectivity index (χ1) is 6.13. The lowest BCUT2D eigenvalue weighted by Crippen LogP contribution is -2.48. The molecule has 1 unspecified atom stereocenters. The summed E-state index contributed by atoms with van der Waals surface area (Å²) in [5.41, 5.74) is 0. The van der Waals surface area contributed by atoms with Crippen LogP contribution in [0.3, 0.4) is 0 Å². The van der Waals surface area contributed by atoms with Crippen molar-refractivity contribution in [2.24, 2.45) is 0 Å². The molecular weight excluding hydrogens is 164 g/mol. The summed E-state index contributed by atoms with van der Waals surface area (Å²) < 4.78 is 5.22. The lowest BCUT2D eigenvalue weighted by molar-refractivity contribution is 0.0162. The van der Waals surface area contributed by atoms with Gasteiger partial charge in [0.1, 0.15) is 0 Å². The van der Waals surface area contributed by atoms with Gasteiger partial charge in [0, 0.05) is 25.7 Å². The van der Waals surface area contributed by atoms with E-state index in [9.17, 15) is 0 Å². The van der Waals surface area contributed by atoms with Gasteiger partial charge in [-0.3, -0.25) is 0 Å². The lowest BCUT2D eigenvalue weighted by Gasteiger charge is -2.36. The normalized spacial score (nSPS) is 30.2. The Morgan fingerprint density at radius 3 is 2.54 bits per heavy atom. The highest BCUT2D eigenvalue weighted by molar-refractivity contribution is 4.86. The average molecular weight is 186 g/mol. The molecule has 78 valence electrons. The van der Waals surface area contributed by atoms with Crippen molar-refractivity contribution < 1.29 is 4.74 Å². The summed E-state index contributed by atoms with van der Waals surface area (Å²) in [6.07, 6.45) is 2.86. The molecular formula is C10H22N2O. The van der Waals surface area contributed by atoms with Crippen molar-refractivity contribution in [3.05, 3.63) is 0 Å². The maximum absolute atomic E-state index is 5.22. The number of nitrogens with one attached hydrogen (secondary N) is 1. The third kappa shape index (κ3) is 3.25. The molecule has 0 aromatic heterocycles. The number of hydrogen-bond donors (Lipinski definition) is 1. The minimum Gasteiger partial charge on any atom is -0.381 e. The van der Waals surface area contributed by atoms with E-state index < -0.39 is 0 Å². The fourth-order valence-corrected chi connectivity index (χ4v) is 1.44. The first kappa shape index (κ1) is 11.0. The molecule has 0 saturated heterocycles. The predicted molar refractivity (Wildman–Crippen MR) is 55.0 cm³/mol. The molecule has 1 fully saturated rings. The summed E-state index contributed by atoms with van der Waals surface area (Å²) in [6, 6.07) is 1.30. The van der Waals surface area contributed by atoms with E-state index in [0.717, 1.165) is 6.54 Å². The van der Waals surface area contributed by atoms with Crippen LogP contribution in [0.25, 0.3) is 0 Å². The van der Waals surface area contributed by atoms with Gasteiger partial charge in [-0.1, -0.05) is 0 Å². The standard InChI is InChI=1S/C10H22N2O/c1-8(12(2)3)7-11-9-5-10(6-9)13-4/h8-11H,5-7H2,1-4H3. The number of likely N-dealkylation sites (N-methyl/N-ethyl adjacent to an activating group) is 1. The van der Waals surface area contributed by atoms with Crippen molar-refractivity contribution in [1.82, 2.24) is 10.2 Å². The fraction of sp³-hybridized carbons (Fsp3) is 1.00. The molecule has 1 rings (SSSR count). The second-order valence-corrected chi connectivity index (χ2v) is 4.25. The molecule has 3 nitrogen and oxygen atoms in total. The van der Waals surface area contributed by atoms with Crippen LogP contribution in [0.1, 0.15) is 19.8 Å². The highest BCUT2D eigenvalue weighted by Crippen LogP contribution is 2.22. The van der Waals surface area contributed by atoms with Crippen LogP contribution < -0.4 is 5.32 Å². The second-order valence-electron chi connectivity index (χ2n) is 4.25. The maximum Gasteiger partial charge on any atom is 0.0601 e. The quantitative estimate of drug-likeness (QED) is 0.684. The zero-order valence-corrected chi connectivity index (χ0v) is 9.21. The molecule has 0 spiro atoms. The van der Waals surface area contributed by atoms with Gasteiger partial charge in [-0.2, -0.15) is 0 Å². The van der Waals surface area contributed by atoms with E-state index in [1.807, 2.05) is 0 Å². The molecule has 1 aliphatic rings. The predicted octanol–water partition coefficient (Wildman–Crippen LogP) is 0.703. The highest BCUT2D eigenvalue weighted by atomic mass is 16.5. The van der Waals surface area contributed by atoms with Gasteiger partial charge in [0.2, 0.25) is 0 Å². The highest BCUT2D eigenvalue weighted by Gasteiger charge is 2.28. The number of nitrogens with zero attached hydrogens (tertiary/aromatic N) is 1. The van der Waals surface area contributed by atoms with Gasteiger partial charge in [-0.05, 0) is 33.9 Å².